The summed E-state index contributed by atoms with van der Waals surface area (Å²) >= 11 is 0. The molecule has 0 aliphatic heterocycles. The van der Waals surface area contributed by atoms with Gasteiger partial charge in [-0.25, -0.2) is 13.8 Å². The summed E-state index contributed by atoms with van der Waals surface area (Å²) in [6.07, 6.45) is 0.471. The number of nitrogens with zero attached hydrogens (tertiary/aromatic N) is 2. The number of hydrogen-bond donors (Lipinski definition) is 1. The van der Waals surface area contributed by atoms with E-state index in [-0.39, 0.29) is 12.1 Å². The SMILES string of the molecule is Cc1ncn(CC(O)c2cccc(F)c2F)c1C. The van der Waals surface area contributed by atoms with Gasteiger partial charge in [0.2, 0.25) is 0 Å². The first-order valence-electron chi connectivity index (χ1n) is 5.61. The Bertz CT molecular complexity index is 566. The van der Waals surface area contributed by atoms with Crippen molar-refractivity contribution in [1.82, 2.24) is 9.55 Å². The second kappa shape index (κ2) is 4.86. The van der Waals surface area contributed by atoms with Crippen LogP contribution in [0.4, 0.5) is 8.78 Å². The van der Waals surface area contributed by atoms with Crippen LogP contribution in [0.15, 0.2) is 24.5 Å². The maximum atomic E-state index is 13.5. The molecule has 5 heteroatoms. The molecule has 2 rings (SSSR count). The minimum Gasteiger partial charge on any atom is -0.386 e. The number of rotatable bonds is 3. The highest BCUT2D eigenvalue weighted by molar-refractivity contribution is 5.21. The third kappa shape index (κ3) is 2.26. The van der Waals surface area contributed by atoms with Crippen LogP contribution in [-0.2, 0) is 6.54 Å². The first kappa shape index (κ1) is 12.7. The normalized spacial score (nSPS) is 12.7. The molecular weight excluding hydrogens is 238 g/mol. The summed E-state index contributed by atoms with van der Waals surface area (Å²) in [5.41, 5.74) is 1.70. The smallest absolute Gasteiger partial charge is 0.164 e. The summed E-state index contributed by atoms with van der Waals surface area (Å²) in [6.45, 7) is 3.85. The van der Waals surface area contributed by atoms with Crippen molar-refractivity contribution >= 4 is 0 Å². The number of aryl methyl sites for hydroxylation is 1. The van der Waals surface area contributed by atoms with E-state index in [1.807, 2.05) is 13.8 Å². The van der Waals surface area contributed by atoms with Gasteiger partial charge in [-0.1, -0.05) is 12.1 Å². The number of hydrogen-bond acceptors (Lipinski definition) is 2. The lowest BCUT2D eigenvalue weighted by atomic mass is 10.1. The molecule has 0 fully saturated rings. The summed E-state index contributed by atoms with van der Waals surface area (Å²) in [7, 11) is 0. The fraction of sp³-hybridized carbons (Fsp3) is 0.308. The van der Waals surface area contributed by atoms with Gasteiger partial charge in [-0.15, -0.1) is 0 Å². The fourth-order valence-electron chi connectivity index (χ4n) is 1.79. The molecule has 1 aromatic heterocycles. The molecule has 2 aromatic rings. The molecule has 0 bridgehead atoms. The molecule has 0 amide bonds. The van der Waals surface area contributed by atoms with E-state index in [9.17, 15) is 13.9 Å². The first-order valence-corrected chi connectivity index (χ1v) is 5.61. The molecule has 0 saturated heterocycles. The van der Waals surface area contributed by atoms with Crippen molar-refractivity contribution in [2.75, 3.05) is 0 Å². The summed E-state index contributed by atoms with van der Waals surface area (Å²) in [4.78, 5) is 4.09. The van der Waals surface area contributed by atoms with E-state index in [0.717, 1.165) is 17.5 Å². The van der Waals surface area contributed by atoms with Crippen molar-refractivity contribution in [3.05, 3.63) is 53.1 Å². The Morgan fingerprint density at radius 2 is 2.06 bits per heavy atom. The number of aliphatic hydroxyl groups is 1. The largest absolute Gasteiger partial charge is 0.386 e. The highest BCUT2D eigenvalue weighted by Gasteiger charge is 2.17. The van der Waals surface area contributed by atoms with Crippen LogP contribution in [0.3, 0.4) is 0 Å². The van der Waals surface area contributed by atoms with Gasteiger partial charge in [-0.05, 0) is 19.9 Å². The van der Waals surface area contributed by atoms with E-state index in [4.69, 9.17) is 0 Å². The third-order valence-electron chi connectivity index (χ3n) is 3.06. The second-order valence-corrected chi connectivity index (χ2v) is 4.23. The van der Waals surface area contributed by atoms with Gasteiger partial charge in [-0.2, -0.15) is 0 Å². The Balaban J connectivity index is 2.25. The molecule has 96 valence electrons. The molecule has 3 nitrogen and oxygen atoms in total. The van der Waals surface area contributed by atoms with Crippen LogP contribution in [0.2, 0.25) is 0 Å². The zero-order valence-corrected chi connectivity index (χ0v) is 10.2. The van der Waals surface area contributed by atoms with Crippen molar-refractivity contribution in [3.8, 4) is 0 Å². The first-order chi connectivity index (χ1) is 8.50. The molecule has 0 saturated carbocycles. The summed E-state index contributed by atoms with van der Waals surface area (Å²) in [5.74, 6) is -1.95. The topological polar surface area (TPSA) is 38.0 Å². The van der Waals surface area contributed by atoms with Gasteiger partial charge in [0.05, 0.1) is 24.7 Å². The van der Waals surface area contributed by atoms with E-state index >= 15 is 0 Å². The number of halogens is 2. The Morgan fingerprint density at radius 3 is 2.67 bits per heavy atom. The van der Waals surface area contributed by atoms with Crippen molar-refractivity contribution in [3.63, 3.8) is 0 Å². The van der Waals surface area contributed by atoms with E-state index in [2.05, 4.69) is 4.98 Å². The van der Waals surface area contributed by atoms with Crippen LogP contribution in [0.25, 0.3) is 0 Å². The minimum atomic E-state index is -1.10. The molecular formula is C13H14F2N2O. The third-order valence-corrected chi connectivity index (χ3v) is 3.06. The van der Waals surface area contributed by atoms with Gasteiger partial charge in [0.15, 0.2) is 11.6 Å². The summed E-state index contributed by atoms with van der Waals surface area (Å²) in [5, 5.41) is 9.96. The van der Waals surface area contributed by atoms with Crippen LogP contribution in [-0.4, -0.2) is 14.7 Å². The average molecular weight is 252 g/mol. The Kier molecular flexibility index (Phi) is 3.43. The molecule has 1 unspecified atom stereocenters. The molecule has 0 aliphatic carbocycles. The molecule has 18 heavy (non-hydrogen) atoms. The van der Waals surface area contributed by atoms with Gasteiger partial charge in [0.1, 0.15) is 0 Å². The number of aromatic nitrogens is 2. The van der Waals surface area contributed by atoms with Crippen LogP contribution < -0.4 is 0 Å². The van der Waals surface area contributed by atoms with Gasteiger partial charge in [0.25, 0.3) is 0 Å². The summed E-state index contributed by atoms with van der Waals surface area (Å²) < 4.78 is 28.3. The van der Waals surface area contributed by atoms with Gasteiger partial charge in [0, 0.05) is 11.3 Å². The lowest BCUT2D eigenvalue weighted by Gasteiger charge is -2.14. The maximum absolute atomic E-state index is 13.5. The molecule has 0 aliphatic rings. The minimum absolute atomic E-state index is 0.0410. The quantitative estimate of drug-likeness (QED) is 0.911. The Morgan fingerprint density at radius 1 is 1.33 bits per heavy atom. The van der Waals surface area contributed by atoms with Crippen LogP contribution in [0.5, 0.6) is 0 Å². The lowest BCUT2D eigenvalue weighted by molar-refractivity contribution is 0.150. The Hall–Kier alpha value is -1.75. The van der Waals surface area contributed by atoms with Gasteiger partial charge < -0.3 is 9.67 Å². The molecule has 1 heterocycles. The van der Waals surface area contributed by atoms with Gasteiger partial charge >= 0.3 is 0 Å². The monoisotopic (exact) mass is 252 g/mol. The van der Waals surface area contributed by atoms with Crippen LogP contribution in [0.1, 0.15) is 23.1 Å². The van der Waals surface area contributed by atoms with Crippen LogP contribution >= 0.6 is 0 Å². The average Bonchev–Trinajstić information content (AvgIpc) is 2.64. The highest BCUT2D eigenvalue weighted by Crippen LogP contribution is 2.21. The zero-order chi connectivity index (χ0) is 13.3. The van der Waals surface area contributed by atoms with E-state index in [0.29, 0.717) is 0 Å². The van der Waals surface area contributed by atoms with E-state index < -0.39 is 17.7 Å². The maximum Gasteiger partial charge on any atom is 0.164 e. The second-order valence-electron chi connectivity index (χ2n) is 4.23. The lowest BCUT2D eigenvalue weighted by Crippen LogP contribution is -2.11. The molecule has 0 radical (unpaired) electrons. The predicted molar refractivity (Wildman–Crippen MR) is 63.0 cm³/mol. The predicted octanol–water partition coefficient (Wildman–Crippen LogP) is 2.51. The van der Waals surface area contributed by atoms with E-state index in [1.165, 1.54) is 12.1 Å². The highest BCUT2D eigenvalue weighted by atomic mass is 19.2. The van der Waals surface area contributed by atoms with Crippen LogP contribution in [0, 0.1) is 25.5 Å². The van der Waals surface area contributed by atoms with Gasteiger partial charge in [-0.3, -0.25) is 0 Å². The molecule has 1 aromatic carbocycles. The number of aliphatic hydroxyl groups excluding tert-OH is 1. The number of benzene rings is 1. The molecule has 1 N–H and O–H groups in total. The van der Waals surface area contributed by atoms with Crippen molar-refractivity contribution < 1.29 is 13.9 Å². The Labute approximate surface area is 104 Å². The van der Waals surface area contributed by atoms with Crippen molar-refractivity contribution in [1.29, 1.82) is 0 Å². The molecule has 0 spiro atoms. The van der Waals surface area contributed by atoms with E-state index in [1.54, 1.807) is 10.9 Å². The zero-order valence-electron chi connectivity index (χ0n) is 10.2. The van der Waals surface area contributed by atoms with Crippen molar-refractivity contribution in [2.45, 2.75) is 26.5 Å². The fourth-order valence-corrected chi connectivity index (χ4v) is 1.79. The number of imidazole rings is 1. The molecule has 1 atom stereocenters. The van der Waals surface area contributed by atoms with Crippen molar-refractivity contribution in [2.24, 2.45) is 0 Å². The standard InChI is InChI=1S/C13H14F2N2O/c1-8-9(2)17(7-16-8)6-12(18)10-4-3-5-11(14)13(10)15/h3-5,7,12,18H,6H2,1-2H3. The summed E-state index contributed by atoms with van der Waals surface area (Å²) in [6, 6.07) is 3.78.